The summed E-state index contributed by atoms with van der Waals surface area (Å²) in [5.41, 5.74) is 0.442. The average Bonchev–Trinajstić information content (AvgIpc) is 2.77. The lowest BCUT2D eigenvalue weighted by atomic mass is 10.2. The first kappa shape index (κ1) is 11.3. The summed E-state index contributed by atoms with van der Waals surface area (Å²) >= 11 is 0. The van der Waals surface area contributed by atoms with Crippen molar-refractivity contribution in [3.05, 3.63) is 42.2 Å². The van der Waals surface area contributed by atoms with Gasteiger partial charge in [0, 0.05) is 18.9 Å². The molecule has 1 N–H and O–H groups in total. The maximum Gasteiger partial charge on any atom is 0.260 e. The van der Waals surface area contributed by atoms with E-state index in [-0.39, 0.29) is 5.56 Å². The van der Waals surface area contributed by atoms with Gasteiger partial charge in [0.05, 0.1) is 17.4 Å². The predicted molar refractivity (Wildman–Crippen MR) is 60.0 cm³/mol. The summed E-state index contributed by atoms with van der Waals surface area (Å²) in [7, 11) is 0. The molecule has 0 aliphatic carbocycles. The number of anilines is 1. The monoisotopic (exact) mass is 234 g/mol. The molecule has 1 amide bonds. The number of aromatic nitrogens is 3. The van der Waals surface area contributed by atoms with Crippen molar-refractivity contribution in [3.63, 3.8) is 0 Å². The highest BCUT2D eigenvalue weighted by molar-refractivity contribution is 6.04. The van der Waals surface area contributed by atoms with Gasteiger partial charge in [-0.15, -0.1) is 0 Å². The van der Waals surface area contributed by atoms with Crippen LogP contribution in [0.15, 0.2) is 30.7 Å². The first-order chi connectivity index (χ1) is 8.20. The van der Waals surface area contributed by atoms with Crippen LogP contribution in [0.25, 0.3) is 0 Å². The van der Waals surface area contributed by atoms with Gasteiger partial charge < -0.3 is 5.32 Å². The molecule has 6 heteroatoms. The first-order valence-corrected chi connectivity index (χ1v) is 5.15. The maximum atomic E-state index is 13.2. The summed E-state index contributed by atoms with van der Waals surface area (Å²) in [6.07, 6.45) is 4.48. The Labute approximate surface area is 97.3 Å². The number of amides is 1. The zero-order valence-electron chi connectivity index (χ0n) is 9.22. The number of nitrogens with zero attached hydrogens (tertiary/aromatic N) is 3. The lowest BCUT2D eigenvalue weighted by molar-refractivity contribution is 0.102. The number of rotatable bonds is 3. The van der Waals surface area contributed by atoms with Gasteiger partial charge in [-0.05, 0) is 19.1 Å². The largest absolute Gasteiger partial charge is 0.319 e. The minimum Gasteiger partial charge on any atom is -0.319 e. The second-order valence-electron chi connectivity index (χ2n) is 3.38. The molecule has 2 heterocycles. The molecule has 88 valence electrons. The van der Waals surface area contributed by atoms with Crippen LogP contribution < -0.4 is 5.32 Å². The van der Waals surface area contributed by atoms with Gasteiger partial charge in [0.2, 0.25) is 5.95 Å². The molecule has 0 atom stereocenters. The summed E-state index contributed by atoms with van der Waals surface area (Å²) in [6.45, 7) is 2.64. The van der Waals surface area contributed by atoms with E-state index in [9.17, 15) is 9.18 Å². The lowest BCUT2D eigenvalue weighted by Crippen LogP contribution is -2.14. The predicted octanol–water partition coefficient (Wildman–Crippen LogP) is 1.69. The molecule has 5 nitrogen and oxygen atoms in total. The highest BCUT2D eigenvalue weighted by Gasteiger charge is 2.12. The molecule has 17 heavy (non-hydrogen) atoms. The molecular formula is C11H11FN4O. The molecule has 2 rings (SSSR count). The van der Waals surface area contributed by atoms with Gasteiger partial charge in [0.25, 0.3) is 5.91 Å². The van der Waals surface area contributed by atoms with E-state index in [0.717, 1.165) is 0 Å². The molecule has 0 spiro atoms. The molecule has 0 aliphatic rings. The van der Waals surface area contributed by atoms with E-state index in [0.29, 0.717) is 12.2 Å². The van der Waals surface area contributed by atoms with Crippen molar-refractivity contribution in [2.24, 2.45) is 0 Å². The van der Waals surface area contributed by atoms with Crippen LogP contribution in [0.2, 0.25) is 0 Å². The summed E-state index contributed by atoms with van der Waals surface area (Å²) < 4.78 is 14.9. The number of nitrogens with one attached hydrogen (secondary N) is 1. The van der Waals surface area contributed by atoms with Crippen LogP contribution in [-0.2, 0) is 6.54 Å². The van der Waals surface area contributed by atoms with Crippen LogP contribution in [0.3, 0.4) is 0 Å². The number of carbonyl (C=O) groups excluding carboxylic acids is 1. The Hall–Kier alpha value is -2.24. The Bertz CT molecular complexity index is 538. The molecule has 0 saturated heterocycles. The second-order valence-corrected chi connectivity index (χ2v) is 3.38. The first-order valence-electron chi connectivity index (χ1n) is 5.15. The van der Waals surface area contributed by atoms with Gasteiger partial charge in [-0.2, -0.15) is 9.49 Å². The fraction of sp³-hybridized carbons (Fsp3) is 0.182. The fourth-order valence-corrected chi connectivity index (χ4v) is 1.35. The van der Waals surface area contributed by atoms with Crippen molar-refractivity contribution in [2.75, 3.05) is 5.32 Å². The van der Waals surface area contributed by atoms with E-state index in [1.165, 1.54) is 24.5 Å². The van der Waals surface area contributed by atoms with Crippen molar-refractivity contribution in [3.8, 4) is 0 Å². The van der Waals surface area contributed by atoms with Gasteiger partial charge in [-0.1, -0.05) is 0 Å². The topological polar surface area (TPSA) is 59.8 Å². The summed E-state index contributed by atoms with van der Waals surface area (Å²) in [4.78, 5) is 15.1. The van der Waals surface area contributed by atoms with Crippen LogP contribution >= 0.6 is 0 Å². The smallest absolute Gasteiger partial charge is 0.260 e. The molecule has 0 bridgehead atoms. The van der Waals surface area contributed by atoms with Gasteiger partial charge >= 0.3 is 0 Å². The molecule has 0 fully saturated rings. The molecular weight excluding hydrogens is 223 g/mol. The van der Waals surface area contributed by atoms with Gasteiger partial charge in [0.1, 0.15) is 0 Å². The van der Waals surface area contributed by atoms with E-state index in [4.69, 9.17) is 0 Å². The second kappa shape index (κ2) is 4.73. The van der Waals surface area contributed by atoms with Crippen LogP contribution in [0, 0.1) is 5.95 Å². The SMILES string of the molecule is CCn1cc(NC(=O)c2cccnc2F)cn1. The van der Waals surface area contributed by atoms with Crippen molar-refractivity contribution < 1.29 is 9.18 Å². The minimum atomic E-state index is -0.784. The van der Waals surface area contributed by atoms with Crippen LogP contribution in [0.4, 0.5) is 10.1 Å². The van der Waals surface area contributed by atoms with E-state index in [2.05, 4.69) is 15.4 Å². The number of halogens is 1. The van der Waals surface area contributed by atoms with Gasteiger partial charge in [-0.3, -0.25) is 9.48 Å². The van der Waals surface area contributed by atoms with Crippen LogP contribution in [0.1, 0.15) is 17.3 Å². The van der Waals surface area contributed by atoms with Crippen molar-refractivity contribution in [1.29, 1.82) is 0 Å². The van der Waals surface area contributed by atoms with Crippen LogP contribution in [-0.4, -0.2) is 20.7 Å². The average molecular weight is 234 g/mol. The zero-order chi connectivity index (χ0) is 12.3. The van der Waals surface area contributed by atoms with Crippen molar-refractivity contribution in [2.45, 2.75) is 13.5 Å². The fourth-order valence-electron chi connectivity index (χ4n) is 1.35. The minimum absolute atomic E-state index is 0.0863. The summed E-state index contributed by atoms with van der Waals surface area (Å²) in [5.74, 6) is -1.32. The van der Waals surface area contributed by atoms with Gasteiger partial charge in [0.15, 0.2) is 0 Å². The Morgan fingerprint density at radius 1 is 1.59 bits per heavy atom. The highest BCUT2D eigenvalue weighted by atomic mass is 19.1. The number of pyridine rings is 1. The van der Waals surface area contributed by atoms with Crippen LogP contribution in [0.5, 0.6) is 0 Å². The molecule has 2 aromatic rings. The van der Waals surface area contributed by atoms with Crippen molar-refractivity contribution >= 4 is 11.6 Å². The summed E-state index contributed by atoms with van der Waals surface area (Å²) in [6, 6.07) is 2.88. The quantitative estimate of drug-likeness (QED) is 0.822. The Morgan fingerprint density at radius 2 is 2.41 bits per heavy atom. The molecule has 0 aromatic carbocycles. The van der Waals surface area contributed by atoms with Crippen molar-refractivity contribution in [1.82, 2.24) is 14.8 Å². The maximum absolute atomic E-state index is 13.2. The highest BCUT2D eigenvalue weighted by Crippen LogP contribution is 2.09. The third-order valence-corrected chi connectivity index (χ3v) is 2.22. The Balaban J connectivity index is 2.14. The van der Waals surface area contributed by atoms with E-state index in [1.807, 2.05) is 6.92 Å². The third-order valence-electron chi connectivity index (χ3n) is 2.22. The molecule has 0 radical (unpaired) electrons. The number of aryl methyl sites for hydroxylation is 1. The van der Waals surface area contributed by atoms with E-state index < -0.39 is 11.9 Å². The number of carbonyl (C=O) groups is 1. The number of hydrogen-bond donors (Lipinski definition) is 1. The Kier molecular flexibility index (Phi) is 3.13. The lowest BCUT2D eigenvalue weighted by Gasteiger charge is -2.02. The third kappa shape index (κ3) is 2.47. The van der Waals surface area contributed by atoms with Gasteiger partial charge in [-0.25, -0.2) is 4.98 Å². The summed E-state index contributed by atoms with van der Waals surface area (Å²) in [5, 5.41) is 6.55. The molecule has 0 aliphatic heterocycles. The Morgan fingerprint density at radius 3 is 3.06 bits per heavy atom. The molecule has 0 saturated carbocycles. The standard InChI is InChI=1S/C11H11FN4O/c1-2-16-7-8(6-14-16)15-11(17)9-4-3-5-13-10(9)12/h3-7H,2H2,1H3,(H,15,17). The van der Waals surface area contributed by atoms with E-state index in [1.54, 1.807) is 10.9 Å². The molecule has 2 aromatic heterocycles. The molecule has 0 unspecified atom stereocenters. The van der Waals surface area contributed by atoms with E-state index >= 15 is 0 Å². The normalized spacial score (nSPS) is 10.2. The number of hydrogen-bond acceptors (Lipinski definition) is 3. The zero-order valence-corrected chi connectivity index (χ0v) is 9.22.